The van der Waals surface area contributed by atoms with E-state index >= 15 is 0 Å². The third-order valence-electron chi connectivity index (χ3n) is 8.60. The molecule has 4 aliphatic rings. The zero-order valence-corrected chi connectivity index (χ0v) is 15.9. The third-order valence-corrected chi connectivity index (χ3v) is 8.60. The van der Waals surface area contributed by atoms with Gasteiger partial charge in [-0.15, -0.1) is 0 Å². The summed E-state index contributed by atoms with van der Waals surface area (Å²) in [7, 11) is 0. The summed E-state index contributed by atoms with van der Waals surface area (Å²) >= 11 is 0. The van der Waals surface area contributed by atoms with E-state index in [2.05, 4.69) is 13.8 Å². The first kappa shape index (κ1) is 17.4. The van der Waals surface area contributed by atoms with Gasteiger partial charge in [0.15, 0.2) is 0 Å². The Kier molecular flexibility index (Phi) is 4.16. The number of hydrogen-bond donors (Lipinski definition) is 0. The van der Waals surface area contributed by atoms with Crippen molar-refractivity contribution in [2.45, 2.75) is 78.2 Å². The van der Waals surface area contributed by atoms with E-state index in [9.17, 15) is 9.59 Å². The lowest BCUT2D eigenvalue weighted by atomic mass is 9.47. The summed E-state index contributed by atoms with van der Waals surface area (Å²) in [5.74, 6) is 2.44. The fourth-order valence-electron chi connectivity index (χ4n) is 7.18. The second-order valence-corrected chi connectivity index (χ2v) is 9.56. The van der Waals surface area contributed by atoms with E-state index in [1.165, 1.54) is 32.6 Å². The molecule has 0 radical (unpaired) electrons. The zero-order chi connectivity index (χ0) is 17.8. The van der Waals surface area contributed by atoms with Crippen LogP contribution in [0.1, 0.15) is 72.1 Å². The van der Waals surface area contributed by atoms with Crippen molar-refractivity contribution in [2.75, 3.05) is 6.61 Å². The van der Waals surface area contributed by atoms with Gasteiger partial charge in [-0.25, -0.2) is 0 Å². The molecule has 0 unspecified atom stereocenters. The van der Waals surface area contributed by atoms with Gasteiger partial charge >= 0.3 is 11.9 Å². The van der Waals surface area contributed by atoms with Crippen LogP contribution in [0.5, 0.6) is 0 Å². The Morgan fingerprint density at radius 2 is 1.80 bits per heavy atom. The number of carbonyl (C=O) groups excluding carboxylic acids is 2. The van der Waals surface area contributed by atoms with Crippen LogP contribution in [0.25, 0.3) is 0 Å². The highest BCUT2D eigenvalue weighted by molar-refractivity contribution is 5.69. The molecule has 1 heterocycles. The van der Waals surface area contributed by atoms with Crippen molar-refractivity contribution < 1.29 is 19.1 Å². The molecule has 4 heteroatoms. The molecule has 1 saturated heterocycles. The molecule has 4 nitrogen and oxygen atoms in total. The predicted molar refractivity (Wildman–Crippen MR) is 93.6 cm³/mol. The van der Waals surface area contributed by atoms with Gasteiger partial charge in [0.25, 0.3) is 0 Å². The number of ether oxygens (including phenoxy) is 2. The van der Waals surface area contributed by atoms with Crippen molar-refractivity contribution in [3.63, 3.8) is 0 Å². The molecule has 0 amide bonds. The van der Waals surface area contributed by atoms with Gasteiger partial charge in [0.2, 0.25) is 0 Å². The van der Waals surface area contributed by atoms with E-state index in [0.717, 1.165) is 19.3 Å². The van der Waals surface area contributed by atoms with Crippen molar-refractivity contribution in [3.05, 3.63) is 0 Å². The Morgan fingerprint density at radius 1 is 1.04 bits per heavy atom. The van der Waals surface area contributed by atoms with Gasteiger partial charge in [0.05, 0.1) is 6.61 Å². The van der Waals surface area contributed by atoms with Crippen LogP contribution in [0.3, 0.4) is 0 Å². The molecule has 3 saturated carbocycles. The molecule has 7 atom stereocenters. The molecule has 0 N–H and O–H groups in total. The molecule has 4 fully saturated rings. The molecule has 0 aromatic carbocycles. The number of hydrogen-bond acceptors (Lipinski definition) is 4. The standard InChI is InChI=1S/C21H32O4/c1-13(22)25-18-7-6-16-15-5-4-14-12-24-19(23)9-11-20(14,2)17(15)8-10-21(16,18)3/h14-18H,4-12H2,1-3H3/t14-,15-,16-,17-,18-,20-,21-/m0/s1. The minimum atomic E-state index is -0.135. The van der Waals surface area contributed by atoms with Crippen LogP contribution in [0, 0.1) is 34.5 Å². The number of carbonyl (C=O) groups is 2. The molecular weight excluding hydrogens is 316 g/mol. The van der Waals surface area contributed by atoms with Crippen LogP contribution in [-0.2, 0) is 19.1 Å². The maximum absolute atomic E-state index is 11.8. The smallest absolute Gasteiger partial charge is 0.305 e. The second kappa shape index (κ2) is 5.99. The van der Waals surface area contributed by atoms with Crippen molar-refractivity contribution in [2.24, 2.45) is 34.5 Å². The maximum Gasteiger partial charge on any atom is 0.305 e. The number of cyclic esters (lactones) is 1. The fourth-order valence-corrected chi connectivity index (χ4v) is 7.18. The average Bonchev–Trinajstić information content (AvgIpc) is 2.79. The highest BCUT2D eigenvalue weighted by atomic mass is 16.5. The average molecular weight is 348 g/mol. The van der Waals surface area contributed by atoms with Gasteiger partial charge in [-0.2, -0.15) is 0 Å². The lowest BCUT2D eigenvalue weighted by Crippen LogP contribution is -2.53. The quantitative estimate of drug-likeness (QED) is 0.669. The molecule has 3 aliphatic carbocycles. The third kappa shape index (κ3) is 2.62. The summed E-state index contributed by atoms with van der Waals surface area (Å²) in [4.78, 5) is 23.4. The van der Waals surface area contributed by atoms with E-state index in [0.29, 0.717) is 36.7 Å². The summed E-state index contributed by atoms with van der Waals surface area (Å²) in [5, 5.41) is 0. The van der Waals surface area contributed by atoms with Crippen LogP contribution in [0.4, 0.5) is 0 Å². The lowest BCUT2D eigenvalue weighted by molar-refractivity contribution is -0.161. The Bertz CT molecular complexity index is 572. The van der Waals surface area contributed by atoms with Gasteiger partial charge in [-0.1, -0.05) is 13.8 Å². The minimum absolute atomic E-state index is 0.0105. The number of fused-ring (bicyclic) bond motifs is 5. The Balaban J connectivity index is 1.59. The molecule has 0 aromatic heterocycles. The largest absolute Gasteiger partial charge is 0.465 e. The van der Waals surface area contributed by atoms with Crippen LogP contribution in [0.15, 0.2) is 0 Å². The predicted octanol–water partition coefficient (Wildman–Crippen LogP) is 4.11. The van der Waals surface area contributed by atoms with Gasteiger partial charge in [0.1, 0.15) is 6.10 Å². The molecule has 0 aromatic rings. The highest BCUT2D eigenvalue weighted by Crippen LogP contribution is 2.65. The summed E-state index contributed by atoms with van der Waals surface area (Å²) in [6.45, 7) is 6.95. The van der Waals surface area contributed by atoms with E-state index in [1.54, 1.807) is 0 Å². The van der Waals surface area contributed by atoms with Crippen molar-refractivity contribution in [1.82, 2.24) is 0 Å². The fraction of sp³-hybridized carbons (Fsp3) is 0.905. The highest BCUT2D eigenvalue weighted by Gasteiger charge is 2.60. The Morgan fingerprint density at radius 3 is 2.56 bits per heavy atom. The Labute approximate surface area is 151 Å². The second-order valence-electron chi connectivity index (χ2n) is 9.56. The van der Waals surface area contributed by atoms with Crippen LogP contribution in [-0.4, -0.2) is 24.6 Å². The molecule has 4 rings (SSSR count). The minimum Gasteiger partial charge on any atom is -0.465 e. The first-order chi connectivity index (χ1) is 11.8. The van der Waals surface area contributed by atoms with E-state index in [1.807, 2.05) is 0 Å². The molecule has 1 aliphatic heterocycles. The monoisotopic (exact) mass is 348 g/mol. The zero-order valence-electron chi connectivity index (χ0n) is 15.9. The van der Waals surface area contributed by atoms with Gasteiger partial charge in [0, 0.05) is 18.8 Å². The Hall–Kier alpha value is -1.06. The van der Waals surface area contributed by atoms with Crippen LogP contribution >= 0.6 is 0 Å². The van der Waals surface area contributed by atoms with Crippen LogP contribution < -0.4 is 0 Å². The van der Waals surface area contributed by atoms with Crippen molar-refractivity contribution >= 4 is 11.9 Å². The normalized spacial score (nSPS) is 49.2. The van der Waals surface area contributed by atoms with Crippen molar-refractivity contribution in [3.8, 4) is 0 Å². The number of esters is 2. The topological polar surface area (TPSA) is 52.6 Å². The molecule has 25 heavy (non-hydrogen) atoms. The maximum atomic E-state index is 11.8. The first-order valence-electron chi connectivity index (χ1n) is 10.2. The molecule has 140 valence electrons. The number of rotatable bonds is 1. The summed E-state index contributed by atoms with van der Waals surface area (Å²) in [6.07, 6.45) is 8.64. The summed E-state index contributed by atoms with van der Waals surface area (Å²) < 4.78 is 11.2. The van der Waals surface area contributed by atoms with Gasteiger partial charge in [-0.05, 0) is 74.0 Å². The van der Waals surface area contributed by atoms with Gasteiger partial charge < -0.3 is 9.47 Å². The summed E-state index contributed by atoms with van der Waals surface area (Å²) in [6, 6.07) is 0. The van der Waals surface area contributed by atoms with E-state index in [4.69, 9.17) is 9.47 Å². The SMILES string of the molecule is CC(=O)O[C@H]1CC[C@H]2[C@@H]3CC[C@H]4COC(=O)CC[C@]4(C)[C@H]3CC[C@]12C. The van der Waals surface area contributed by atoms with Crippen LogP contribution in [0.2, 0.25) is 0 Å². The van der Waals surface area contributed by atoms with Crippen molar-refractivity contribution in [1.29, 1.82) is 0 Å². The first-order valence-corrected chi connectivity index (χ1v) is 10.2. The molecular formula is C21H32O4. The molecule has 0 bridgehead atoms. The van der Waals surface area contributed by atoms with E-state index < -0.39 is 0 Å². The molecule has 0 spiro atoms. The van der Waals surface area contributed by atoms with Gasteiger partial charge in [-0.3, -0.25) is 9.59 Å². The lowest BCUT2D eigenvalue weighted by Gasteiger charge is -2.58. The van der Waals surface area contributed by atoms with E-state index in [-0.39, 0.29) is 28.9 Å². The summed E-state index contributed by atoms with van der Waals surface area (Å²) in [5.41, 5.74) is 0.378.